The minimum Gasteiger partial charge on any atom is -0.337 e. The number of rotatable bonds is 4. The Labute approximate surface area is 246 Å². The van der Waals surface area contributed by atoms with Gasteiger partial charge in [0, 0.05) is 37.1 Å². The van der Waals surface area contributed by atoms with Crippen molar-refractivity contribution in [1.29, 1.82) is 0 Å². The van der Waals surface area contributed by atoms with Crippen molar-refractivity contribution in [2.45, 2.75) is 38.2 Å². The second kappa shape index (κ2) is 10.5. The normalized spacial score (nSPS) is 21.4. The predicted molar refractivity (Wildman–Crippen MR) is 149 cm³/mol. The molecule has 0 radical (unpaired) electrons. The summed E-state index contributed by atoms with van der Waals surface area (Å²) in [5, 5.41) is 4.39. The van der Waals surface area contributed by atoms with E-state index in [4.69, 9.17) is 12.2 Å². The van der Waals surface area contributed by atoms with Crippen LogP contribution in [0.3, 0.4) is 0 Å². The number of nitrogens with zero attached hydrogens (tertiary/aromatic N) is 5. The Kier molecular flexibility index (Phi) is 7.06. The number of likely N-dealkylation sites (tertiary alicyclic amines) is 1. The van der Waals surface area contributed by atoms with E-state index in [1.807, 2.05) is 0 Å². The lowest BCUT2D eigenvalue weighted by Crippen LogP contribution is -2.42. The van der Waals surface area contributed by atoms with Crippen LogP contribution in [-0.4, -0.2) is 60.6 Å². The van der Waals surface area contributed by atoms with E-state index < -0.39 is 35.3 Å². The first-order chi connectivity index (χ1) is 20.4. The summed E-state index contributed by atoms with van der Waals surface area (Å²) in [6, 6.07) is 6.96. The molecule has 43 heavy (non-hydrogen) atoms. The van der Waals surface area contributed by atoms with Crippen LogP contribution in [-0.2, 0) is 0 Å². The van der Waals surface area contributed by atoms with Crippen LogP contribution < -0.4 is 0 Å². The molecule has 1 aliphatic carbocycles. The van der Waals surface area contributed by atoms with E-state index in [-0.39, 0.29) is 40.8 Å². The molecule has 0 spiro atoms. The Morgan fingerprint density at radius 1 is 1.16 bits per heavy atom. The zero-order chi connectivity index (χ0) is 30.7. The molecule has 1 fully saturated rings. The standard InChI is InChI=1S/C29H24F6N6OS/c1-28(29(33,34)35)9-6-18(13-23(28)31)41-22(16-3-2-10-36-15-16)14-21(38-41)26(42)39-11-7-17(8-12-39)40-25-20(37-27(40)43)5-4-19(30)24(25)32/h2-6,9-10,13-15,17,23H,7-8,11-12H2,1H3,(H,37,43). The number of imidazole rings is 1. The molecule has 2 aliphatic rings. The van der Waals surface area contributed by atoms with E-state index in [1.54, 1.807) is 21.6 Å². The van der Waals surface area contributed by atoms with Gasteiger partial charge in [-0.05, 0) is 74.5 Å². The number of hydrogen-bond acceptors (Lipinski definition) is 4. The summed E-state index contributed by atoms with van der Waals surface area (Å²) in [7, 11) is 0. The molecular weight excluding hydrogens is 594 g/mol. The fraction of sp³-hybridized carbons (Fsp3) is 0.310. The lowest BCUT2D eigenvalue weighted by molar-refractivity contribution is -0.213. The number of pyridine rings is 1. The molecule has 7 nitrogen and oxygen atoms in total. The number of aromatic nitrogens is 5. The highest BCUT2D eigenvalue weighted by atomic mass is 32.1. The van der Waals surface area contributed by atoms with Gasteiger partial charge in [0.1, 0.15) is 17.1 Å². The van der Waals surface area contributed by atoms with Gasteiger partial charge in [-0.15, -0.1) is 0 Å². The average Bonchev–Trinajstić information content (AvgIpc) is 3.58. The number of nitrogens with one attached hydrogen (secondary N) is 1. The Morgan fingerprint density at radius 2 is 1.91 bits per heavy atom. The van der Waals surface area contributed by atoms with Gasteiger partial charge in [0.25, 0.3) is 5.91 Å². The van der Waals surface area contributed by atoms with Gasteiger partial charge in [0.2, 0.25) is 0 Å². The third-order valence-corrected chi connectivity index (χ3v) is 8.42. The van der Waals surface area contributed by atoms with Crippen LogP contribution in [0.1, 0.15) is 36.3 Å². The molecule has 6 rings (SSSR count). The maximum absolute atomic E-state index is 14.9. The van der Waals surface area contributed by atoms with Gasteiger partial charge >= 0.3 is 6.18 Å². The molecule has 1 N–H and O–H groups in total. The van der Waals surface area contributed by atoms with E-state index in [9.17, 15) is 31.1 Å². The maximum Gasteiger partial charge on any atom is 0.400 e. The lowest BCUT2D eigenvalue weighted by atomic mass is 9.80. The van der Waals surface area contributed by atoms with E-state index in [1.165, 1.54) is 29.2 Å². The quantitative estimate of drug-likeness (QED) is 0.197. The van der Waals surface area contributed by atoms with Crippen molar-refractivity contribution in [1.82, 2.24) is 29.2 Å². The van der Waals surface area contributed by atoms with E-state index in [2.05, 4.69) is 15.1 Å². The van der Waals surface area contributed by atoms with Gasteiger partial charge in [-0.25, -0.2) is 17.9 Å². The first-order valence-electron chi connectivity index (χ1n) is 13.4. The number of halogens is 6. The fourth-order valence-corrected chi connectivity index (χ4v) is 5.86. The van der Waals surface area contributed by atoms with Gasteiger partial charge < -0.3 is 14.5 Å². The monoisotopic (exact) mass is 618 g/mol. The molecule has 4 heterocycles. The smallest absolute Gasteiger partial charge is 0.337 e. The molecule has 4 aromatic rings. The summed E-state index contributed by atoms with van der Waals surface area (Å²) < 4.78 is 87.4. The molecule has 1 amide bonds. The largest absolute Gasteiger partial charge is 0.400 e. The van der Waals surface area contributed by atoms with Crippen molar-refractivity contribution in [3.63, 3.8) is 0 Å². The summed E-state index contributed by atoms with van der Waals surface area (Å²) in [5.41, 5.74) is -1.40. The predicted octanol–water partition coefficient (Wildman–Crippen LogP) is 7.03. The number of amides is 1. The topological polar surface area (TPSA) is 71.7 Å². The SMILES string of the molecule is CC1(C(F)(F)F)C=CC(n2nc(C(=O)N3CCC(n4c(=S)[nH]c5ccc(F)c(F)c54)CC3)cc2-c2cccnc2)=CC1F. The second-order valence-electron chi connectivity index (χ2n) is 10.8. The molecule has 0 saturated carbocycles. The van der Waals surface area contributed by atoms with E-state index in [0.717, 1.165) is 31.2 Å². The zero-order valence-corrected chi connectivity index (χ0v) is 23.4. The summed E-state index contributed by atoms with van der Waals surface area (Å²) in [4.78, 5) is 22.1. The van der Waals surface area contributed by atoms with Crippen LogP contribution in [0.4, 0.5) is 26.3 Å². The first-order valence-corrected chi connectivity index (χ1v) is 13.8. The van der Waals surface area contributed by atoms with Crippen LogP contribution in [0.2, 0.25) is 0 Å². The molecule has 1 aliphatic heterocycles. The van der Waals surface area contributed by atoms with Crippen molar-refractivity contribution in [3.05, 3.63) is 83.1 Å². The summed E-state index contributed by atoms with van der Waals surface area (Å²) in [6.07, 6.45) is -0.628. The first kappa shape index (κ1) is 28.9. The highest BCUT2D eigenvalue weighted by Crippen LogP contribution is 2.47. The molecule has 0 bridgehead atoms. The number of allylic oxidation sites excluding steroid dienone is 4. The number of benzene rings is 1. The molecule has 1 saturated heterocycles. The Balaban J connectivity index is 1.28. The summed E-state index contributed by atoms with van der Waals surface area (Å²) >= 11 is 5.38. The third-order valence-electron chi connectivity index (χ3n) is 8.12. The van der Waals surface area contributed by atoms with Gasteiger partial charge in [-0.2, -0.15) is 18.3 Å². The summed E-state index contributed by atoms with van der Waals surface area (Å²) in [6.45, 7) is 1.28. The minimum absolute atomic E-state index is 0.00277. The number of fused-ring (bicyclic) bond motifs is 1. The number of hydrogen-bond donors (Lipinski definition) is 1. The van der Waals surface area contributed by atoms with Crippen LogP contribution in [0, 0.1) is 21.8 Å². The lowest BCUT2D eigenvalue weighted by Gasteiger charge is -2.33. The van der Waals surface area contributed by atoms with Crippen LogP contribution in [0.15, 0.2) is 61.0 Å². The minimum atomic E-state index is -4.81. The van der Waals surface area contributed by atoms with Gasteiger partial charge in [0.15, 0.2) is 22.1 Å². The number of aromatic amines is 1. The van der Waals surface area contributed by atoms with Gasteiger partial charge in [0.05, 0.1) is 16.9 Å². The van der Waals surface area contributed by atoms with Crippen molar-refractivity contribution < 1.29 is 31.1 Å². The number of H-pyrrole nitrogens is 1. The van der Waals surface area contributed by atoms with Crippen LogP contribution in [0.5, 0.6) is 0 Å². The number of piperidine rings is 1. The average molecular weight is 619 g/mol. The van der Waals surface area contributed by atoms with Crippen molar-refractivity contribution in [3.8, 4) is 11.3 Å². The molecular formula is C29H24F6N6OS. The summed E-state index contributed by atoms with van der Waals surface area (Å²) in [5.74, 6) is -2.44. The Hall–Kier alpha value is -4.20. The molecule has 2 atom stereocenters. The molecule has 14 heteroatoms. The molecule has 224 valence electrons. The molecule has 2 unspecified atom stereocenters. The fourth-order valence-electron chi connectivity index (χ4n) is 5.51. The number of alkyl halides is 4. The highest BCUT2D eigenvalue weighted by Gasteiger charge is 2.55. The molecule has 1 aromatic carbocycles. The van der Waals surface area contributed by atoms with Crippen molar-refractivity contribution in [2.75, 3.05) is 13.1 Å². The number of carbonyl (C=O) groups excluding carboxylic acids is 1. The maximum atomic E-state index is 14.9. The highest BCUT2D eigenvalue weighted by molar-refractivity contribution is 7.71. The second-order valence-corrected chi connectivity index (χ2v) is 11.1. The van der Waals surface area contributed by atoms with Gasteiger partial charge in [-0.3, -0.25) is 9.78 Å². The van der Waals surface area contributed by atoms with E-state index >= 15 is 0 Å². The van der Waals surface area contributed by atoms with Gasteiger partial charge in [-0.1, -0.05) is 6.08 Å². The third kappa shape index (κ3) is 4.86. The zero-order valence-electron chi connectivity index (χ0n) is 22.6. The van der Waals surface area contributed by atoms with Crippen LogP contribution >= 0.6 is 12.2 Å². The Morgan fingerprint density at radius 3 is 2.56 bits per heavy atom. The van der Waals surface area contributed by atoms with Crippen molar-refractivity contribution >= 4 is 34.9 Å². The van der Waals surface area contributed by atoms with Crippen LogP contribution in [0.25, 0.3) is 28.0 Å². The molecule has 3 aromatic heterocycles. The van der Waals surface area contributed by atoms with Crippen molar-refractivity contribution in [2.24, 2.45) is 5.41 Å². The van der Waals surface area contributed by atoms with E-state index in [0.29, 0.717) is 29.6 Å². The number of carbonyl (C=O) groups is 1. The Bertz CT molecular complexity index is 1830.